The highest BCUT2D eigenvalue weighted by Gasteiger charge is 2.31. The van der Waals surface area contributed by atoms with E-state index in [-0.39, 0.29) is 16.4 Å². The molecule has 0 aliphatic rings. The van der Waals surface area contributed by atoms with Gasteiger partial charge in [-0.25, -0.2) is 0 Å². The molecule has 232 valence electrons. The van der Waals surface area contributed by atoms with Crippen LogP contribution in [0.3, 0.4) is 0 Å². The summed E-state index contributed by atoms with van der Waals surface area (Å²) in [6.07, 6.45) is -2.66. The molecule has 0 spiro atoms. The molecule has 0 fully saturated rings. The van der Waals surface area contributed by atoms with E-state index >= 15 is 0 Å². The first-order valence-corrected chi connectivity index (χ1v) is 15.1. The average molecular weight is 652 g/mol. The van der Waals surface area contributed by atoms with Crippen molar-refractivity contribution in [3.8, 4) is 0 Å². The Hall–Kier alpha value is -4.54. The smallest absolute Gasteiger partial charge is 0.324 e. The number of benzene rings is 4. The number of amides is 3. The predicted octanol–water partition coefficient (Wildman–Crippen LogP) is 8.59. The molecular formula is C34H29ClF3N3O3S. The molecule has 45 heavy (non-hydrogen) atoms. The van der Waals surface area contributed by atoms with Gasteiger partial charge in [-0.15, -0.1) is 11.8 Å². The van der Waals surface area contributed by atoms with Gasteiger partial charge in [0.2, 0.25) is 5.91 Å². The van der Waals surface area contributed by atoms with Crippen LogP contribution in [0, 0.1) is 6.92 Å². The van der Waals surface area contributed by atoms with E-state index in [1.54, 1.807) is 67.6 Å². The summed E-state index contributed by atoms with van der Waals surface area (Å²) in [6.45, 7) is 3.71. The first-order chi connectivity index (χ1) is 21.4. The van der Waals surface area contributed by atoms with Crippen LogP contribution >= 0.6 is 23.4 Å². The van der Waals surface area contributed by atoms with Gasteiger partial charge in [0.1, 0.15) is 5.70 Å². The largest absolute Gasteiger partial charge is 0.416 e. The zero-order valence-electron chi connectivity index (χ0n) is 24.2. The van der Waals surface area contributed by atoms with E-state index in [0.29, 0.717) is 28.1 Å². The molecular weight excluding hydrogens is 623 g/mol. The Balaban J connectivity index is 1.50. The van der Waals surface area contributed by atoms with Gasteiger partial charge in [-0.2, -0.15) is 13.2 Å². The lowest BCUT2D eigenvalue weighted by Gasteiger charge is -2.17. The molecule has 4 rings (SSSR count). The van der Waals surface area contributed by atoms with Crippen LogP contribution < -0.4 is 16.0 Å². The van der Waals surface area contributed by atoms with Gasteiger partial charge in [-0.05, 0) is 73.5 Å². The Bertz CT molecular complexity index is 1710. The van der Waals surface area contributed by atoms with Gasteiger partial charge in [0.25, 0.3) is 11.8 Å². The highest BCUT2D eigenvalue weighted by atomic mass is 35.5. The number of halogens is 4. The zero-order valence-corrected chi connectivity index (χ0v) is 25.8. The molecule has 1 atom stereocenters. The molecule has 0 aliphatic heterocycles. The normalized spacial score (nSPS) is 12.3. The van der Waals surface area contributed by atoms with Crippen molar-refractivity contribution in [1.29, 1.82) is 0 Å². The lowest BCUT2D eigenvalue weighted by atomic mass is 10.1. The number of hydrogen-bond donors (Lipinski definition) is 3. The van der Waals surface area contributed by atoms with Crippen LogP contribution in [0.4, 0.5) is 24.5 Å². The fourth-order valence-corrected chi connectivity index (χ4v) is 5.29. The Morgan fingerprint density at radius 1 is 0.889 bits per heavy atom. The summed E-state index contributed by atoms with van der Waals surface area (Å²) in [5.74, 6) is -1.54. The Kier molecular flexibility index (Phi) is 11.1. The topological polar surface area (TPSA) is 87.3 Å². The van der Waals surface area contributed by atoms with Crippen LogP contribution in [-0.4, -0.2) is 23.0 Å². The second-order valence-corrected chi connectivity index (χ2v) is 11.7. The monoisotopic (exact) mass is 651 g/mol. The van der Waals surface area contributed by atoms with Crippen LogP contribution in [0.15, 0.2) is 108 Å². The van der Waals surface area contributed by atoms with Crippen LogP contribution in [0.5, 0.6) is 0 Å². The standard InChI is InChI=1S/C34H29ClF3N3O3S/c1-3-30(33(44)40-28-19-24(34(36,37)38)16-17-27(28)35)45-26-11-7-10-25(20-26)39-32(43)29(18-22-14-12-21(2)13-15-22)41-31(42)23-8-5-4-6-9-23/h4-20,30H,3H2,1-2H3,(H,39,43)(H,40,44)(H,41,42)/b29-18-. The quantitative estimate of drug-likeness (QED) is 0.118. The highest BCUT2D eigenvalue weighted by Crippen LogP contribution is 2.35. The molecule has 11 heteroatoms. The summed E-state index contributed by atoms with van der Waals surface area (Å²) in [5, 5.41) is 7.31. The molecule has 0 aromatic heterocycles. The number of carbonyl (C=O) groups is 3. The second kappa shape index (κ2) is 15.0. The zero-order chi connectivity index (χ0) is 32.6. The van der Waals surface area contributed by atoms with Crippen molar-refractivity contribution in [2.24, 2.45) is 0 Å². The van der Waals surface area contributed by atoms with Crippen LogP contribution in [0.2, 0.25) is 5.02 Å². The molecule has 0 aliphatic carbocycles. The number of anilines is 2. The first-order valence-electron chi connectivity index (χ1n) is 13.8. The van der Waals surface area contributed by atoms with Gasteiger partial charge in [0.15, 0.2) is 0 Å². The van der Waals surface area contributed by atoms with Crippen molar-refractivity contribution in [2.45, 2.75) is 36.6 Å². The van der Waals surface area contributed by atoms with Crippen molar-refractivity contribution >= 4 is 58.5 Å². The predicted molar refractivity (Wildman–Crippen MR) is 173 cm³/mol. The van der Waals surface area contributed by atoms with E-state index in [1.165, 1.54) is 11.8 Å². The number of alkyl halides is 3. The van der Waals surface area contributed by atoms with Crippen LogP contribution in [0.1, 0.15) is 40.4 Å². The van der Waals surface area contributed by atoms with E-state index in [2.05, 4.69) is 16.0 Å². The molecule has 3 N–H and O–H groups in total. The maximum atomic E-state index is 13.4. The molecule has 4 aromatic carbocycles. The number of carbonyl (C=O) groups excluding carboxylic acids is 3. The summed E-state index contributed by atoms with van der Waals surface area (Å²) in [4.78, 5) is 40.0. The molecule has 0 saturated heterocycles. The minimum Gasteiger partial charge on any atom is -0.324 e. The third-order valence-corrected chi connectivity index (χ3v) is 8.19. The van der Waals surface area contributed by atoms with Crippen molar-refractivity contribution in [3.63, 3.8) is 0 Å². The summed E-state index contributed by atoms with van der Waals surface area (Å²) < 4.78 is 39.5. The number of rotatable bonds is 10. The minimum absolute atomic E-state index is 0.0187. The van der Waals surface area contributed by atoms with E-state index in [1.807, 2.05) is 31.2 Å². The SMILES string of the molecule is CCC(Sc1cccc(NC(=O)/C(=C/c2ccc(C)cc2)NC(=O)c2ccccc2)c1)C(=O)Nc1cc(C(F)(F)F)ccc1Cl. The Morgan fingerprint density at radius 2 is 1.60 bits per heavy atom. The molecule has 0 saturated carbocycles. The number of nitrogens with one attached hydrogen (secondary N) is 3. The van der Waals surface area contributed by atoms with E-state index in [9.17, 15) is 27.6 Å². The fraction of sp³-hybridized carbons (Fsp3) is 0.147. The van der Waals surface area contributed by atoms with E-state index in [0.717, 1.165) is 23.8 Å². The Morgan fingerprint density at radius 3 is 2.27 bits per heavy atom. The molecule has 0 bridgehead atoms. The summed E-state index contributed by atoms with van der Waals surface area (Å²) in [6, 6.07) is 25.4. The fourth-order valence-electron chi connectivity index (χ4n) is 4.11. The van der Waals surface area contributed by atoms with Gasteiger partial charge < -0.3 is 16.0 Å². The van der Waals surface area contributed by atoms with Crippen molar-refractivity contribution in [1.82, 2.24) is 5.32 Å². The Labute approximate surface area is 268 Å². The number of hydrogen-bond acceptors (Lipinski definition) is 4. The summed E-state index contributed by atoms with van der Waals surface area (Å²) >= 11 is 7.24. The van der Waals surface area contributed by atoms with Crippen molar-refractivity contribution < 1.29 is 27.6 Å². The van der Waals surface area contributed by atoms with Gasteiger partial charge in [-0.3, -0.25) is 14.4 Å². The second-order valence-electron chi connectivity index (χ2n) is 9.97. The van der Waals surface area contributed by atoms with E-state index in [4.69, 9.17) is 11.6 Å². The molecule has 4 aromatic rings. The summed E-state index contributed by atoms with van der Waals surface area (Å²) in [7, 11) is 0. The molecule has 0 heterocycles. The lowest BCUT2D eigenvalue weighted by Crippen LogP contribution is -2.30. The molecule has 1 unspecified atom stereocenters. The molecule has 0 radical (unpaired) electrons. The average Bonchev–Trinajstić information content (AvgIpc) is 3.01. The van der Waals surface area contributed by atoms with Gasteiger partial charge in [-0.1, -0.05) is 72.6 Å². The van der Waals surface area contributed by atoms with Crippen LogP contribution in [0.25, 0.3) is 6.08 Å². The van der Waals surface area contributed by atoms with Crippen molar-refractivity contribution in [2.75, 3.05) is 10.6 Å². The molecule has 6 nitrogen and oxygen atoms in total. The van der Waals surface area contributed by atoms with Gasteiger partial charge in [0, 0.05) is 16.1 Å². The lowest BCUT2D eigenvalue weighted by molar-refractivity contribution is -0.137. The van der Waals surface area contributed by atoms with Crippen LogP contribution in [-0.2, 0) is 15.8 Å². The minimum atomic E-state index is -4.59. The third kappa shape index (κ3) is 9.47. The van der Waals surface area contributed by atoms with E-state index < -0.39 is 34.7 Å². The summed E-state index contributed by atoms with van der Waals surface area (Å²) in [5.41, 5.74) is 1.50. The van der Waals surface area contributed by atoms with Gasteiger partial charge in [0.05, 0.1) is 21.5 Å². The third-order valence-electron chi connectivity index (χ3n) is 6.50. The van der Waals surface area contributed by atoms with Crippen molar-refractivity contribution in [3.05, 3.63) is 130 Å². The van der Waals surface area contributed by atoms with Gasteiger partial charge >= 0.3 is 6.18 Å². The first kappa shape index (κ1) is 33.4. The highest BCUT2D eigenvalue weighted by molar-refractivity contribution is 8.00. The maximum absolute atomic E-state index is 13.4. The molecule has 3 amide bonds. The number of thioether (sulfide) groups is 1. The number of aryl methyl sites for hydroxylation is 1. The maximum Gasteiger partial charge on any atom is 0.416 e.